The Bertz CT molecular complexity index is 509. The van der Waals surface area contributed by atoms with Crippen molar-refractivity contribution in [3.8, 4) is 5.75 Å². The average molecular weight is 320 g/mol. The van der Waals surface area contributed by atoms with Crippen LogP contribution in [0.3, 0.4) is 0 Å². The fourth-order valence-electron chi connectivity index (χ4n) is 1.88. The molecule has 0 spiro atoms. The summed E-state index contributed by atoms with van der Waals surface area (Å²) in [6, 6.07) is 4.98. The minimum atomic E-state index is -3.40. The molecule has 1 aliphatic rings. The van der Waals surface area contributed by atoms with Crippen LogP contribution >= 0.6 is 15.9 Å². The average Bonchev–Trinajstić information content (AvgIpc) is 2.83. The molecule has 1 saturated heterocycles. The van der Waals surface area contributed by atoms with E-state index in [0.29, 0.717) is 23.3 Å². The molecule has 0 amide bonds. The maximum atomic E-state index is 12.4. The number of methoxy groups -OCH3 is 1. The zero-order chi connectivity index (χ0) is 12.5. The molecular formula is C11H14BrNO3S. The molecule has 17 heavy (non-hydrogen) atoms. The molecule has 6 heteroatoms. The van der Waals surface area contributed by atoms with Crippen molar-refractivity contribution < 1.29 is 13.2 Å². The number of nitrogens with zero attached hydrogens (tertiary/aromatic N) is 1. The largest absolute Gasteiger partial charge is 0.497 e. The van der Waals surface area contributed by atoms with Gasteiger partial charge in [-0.2, -0.15) is 4.31 Å². The van der Waals surface area contributed by atoms with Crippen LogP contribution in [0.2, 0.25) is 0 Å². The number of ether oxygens (including phenoxy) is 1. The quantitative estimate of drug-likeness (QED) is 0.858. The van der Waals surface area contributed by atoms with Crippen LogP contribution in [0.1, 0.15) is 12.8 Å². The SMILES string of the molecule is COc1ccc(Br)c(S(=O)(=O)N2CCCC2)c1. The Morgan fingerprint density at radius 1 is 1.29 bits per heavy atom. The van der Waals surface area contributed by atoms with E-state index < -0.39 is 10.0 Å². The van der Waals surface area contributed by atoms with Crippen molar-refractivity contribution in [2.75, 3.05) is 20.2 Å². The van der Waals surface area contributed by atoms with Gasteiger partial charge in [0.05, 0.1) is 7.11 Å². The Balaban J connectivity index is 2.44. The predicted octanol–water partition coefficient (Wildman–Crippen LogP) is 2.24. The number of sulfonamides is 1. The summed E-state index contributed by atoms with van der Waals surface area (Å²) in [6.07, 6.45) is 1.86. The van der Waals surface area contributed by atoms with Crippen LogP contribution in [0.25, 0.3) is 0 Å². The number of halogens is 1. The van der Waals surface area contributed by atoms with Gasteiger partial charge < -0.3 is 4.74 Å². The number of hydrogen-bond donors (Lipinski definition) is 0. The van der Waals surface area contributed by atoms with Gasteiger partial charge in [-0.3, -0.25) is 0 Å². The lowest BCUT2D eigenvalue weighted by atomic mass is 10.3. The molecule has 0 atom stereocenters. The van der Waals surface area contributed by atoms with E-state index in [2.05, 4.69) is 15.9 Å². The second-order valence-electron chi connectivity index (χ2n) is 3.91. The Morgan fingerprint density at radius 3 is 2.53 bits per heavy atom. The summed E-state index contributed by atoms with van der Waals surface area (Å²) in [5, 5.41) is 0. The van der Waals surface area contributed by atoms with Crippen molar-refractivity contribution in [3.05, 3.63) is 22.7 Å². The number of hydrogen-bond acceptors (Lipinski definition) is 3. The van der Waals surface area contributed by atoms with Crippen LogP contribution in [-0.2, 0) is 10.0 Å². The van der Waals surface area contributed by atoms with Gasteiger partial charge in [-0.1, -0.05) is 0 Å². The first-order chi connectivity index (χ1) is 8.05. The molecule has 0 saturated carbocycles. The molecule has 0 N–H and O–H groups in total. The fraction of sp³-hybridized carbons (Fsp3) is 0.455. The first-order valence-electron chi connectivity index (χ1n) is 5.39. The standard InChI is InChI=1S/C11H14BrNO3S/c1-16-9-4-5-10(12)11(8-9)17(14,15)13-6-2-3-7-13/h4-5,8H,2-3,6-7H2,1H3. The highest BCUT2D eigenvalue weighted by atomic mass is 79.9. The molecule has 0 unspecified atom stereocenters. The predicted molar refractivity (Wildman–Crippen MR) is 68.7 cm³/mol. The molecule has 1 aliphatic heterocycles. The molecule has 2 rings (SSSR count). The van der Waals surface area contributed by atoms with Crippen LogP contribution in [-0.4, -0.2) is 32.9 Å². The first-order valence-corrected chi connectivity index (χ1v) is 7.62. The van der Waals surface area contributed by atoms with E-state index in [1.807, 2.05) is 0 Å². The second kappa shape index (κ2) is 4.96. The van der Waals surface area contributed by atoms with Gasteiger partial charge in [0.15, 0.2) is 0 Å². The van der Waals surface area contributed by atoms with E-state index in [1.54, 1.807) is 18.2 Å². The molecule has 0 radical (unpaired) electrons. The van der Waals surface area contributed by atoms with Crippen molar-refractivity contribution in [1.29, 1.82) is 0 Å². The van der Waals surface area contributed by atoms with Gasteiger partial charge in [0, 0.05) is 23.6 Å². The lowest BCUT2D eigenvalue weighted by molar-refractivity contribution is 0.412. The summed E-state index contributed by atoms with van der Waals surface area (Å²) in [7, 11) is -1.87. The van der Waals surface area contributed by atoms with E-state index in [-0.39, 0.29) is 4.90 Å². The van der Waals surface area contributed by atoms with Crippen LogP contribution in [0.15, 0.2) is 27.6 Å². The third-order valence-electron chi connectivity index (χ3n) is 2.82. The van der Waals surface area contributed by atoms with E-state index in [4.69, 9.17) is 4.74 Å². The van der Waals surface area contributed by atoms with Crippen molar-refractivity contribution in [2.24, 2.45) is 0 Å². The van der Waals surface area contributed by atoms with E-state index in [1.165, 1.54) is 11.4 Å². The third-order valence-corrected chi connectivity index (χ3v) is 5.71. The van der Waals surface area contributed by atoms with Gasteiger partial charge in [-0.05, 0) is 40.9 Å². The maximum Gasteiger partial charge on any atom is 0.244 e. The van der Waals surface area contributed by atoms with Gasteiger partial charge in [0.1, 0.15) is 10.6 Å². The molecular weight excluding hydrogens is 306 g/mol. The Kier molecular flexibility index (Phi) is 3.75. The lowest BCUT2D eigenvalue weighted by Crippen LogP contribution is -2.28. The summed E-state index contributed by atoms with van der Waals surface area (Å²) in [6.45, 7) is 1.21. The molecule has 1 aromatic rings. The van der Waals surface area contributed by atoms with Crippen molar-refractivity contribution in [1.82, 2.24) is 4.31 Å². The molecule has 1 heterocycles. The lowest BCUT2D eigenvalue weighted by Gasteiger charge is -2.17. The Labute approximate surface area is 110 Å². The molecule has 1 aromatic carbocycles. The normalized spacial score (nSPS) is 17.3. The van der Waals surface area contributed by atoms with Crippen molar-refractivity contribution in [3.63, 3.8) is 0 Å². The summed E-state index contributed by atoms with van der Waals surface area (Å²) in [5.74, 6) is 0.547. The molecule has 0 aliphatic carbocycles. The number of benzene rings is 1. The topological polar surface area (TPSA) is 46.6 Å². The summed E-state index contributed by atoms with van der Waals surface area (Å²) in [5.41, 5.74) is 0. The molecule has 0 aromatic heterocycles. The van der Waals surface area contributed by atoms with E-state index in [9.17, 15) is 8.42 Å². The third kappa shape index (κ3) is 2.48. The Morgan fingerprint density at radius 2 is 1.94 bits per heavy atom. The number of rotatable bonds is 3. The van der Waals surface area contributed by atoms with Gasteiger partial charge in [0.2, 0.25) is 10.0 Å². The molecule has 94 valence electrons. The second-order valence-corrected chi connectivity index (χ2v) is 6.67. The summed E-state index contributed by atoms with van der Waals surface area (Å²) in [4.78, 5) is 0.277. The van der Waals surface area contributed by atoms with Gasteiger partial charge in [0.25, 0.3) is 0 Å². The van der Waals surface area contributed by atoms with Gasteiger partial charge >= 0.3 is 0 Å². The highest BCUT2D eigenvalue weighted by Crippen LogP contribution is 2.30. The van der Waals surface area contributed by atoms with Crippen LogP contribution in [0, 0.1) is 0 Å². The maximum absolute atomic E-state index is 12.4. The summed E-state index contributed by atoms with van der Waals surface area (Å²) < 4.78 is 31.9. The zero-order valence-electron chi connectivity index (χ0n) is 9.52. The fourth-order valence-corrected chi connectivity index (χ4v) is 4.33. The molecule has 4 nitrogen and oxygen atoms in total. The van der Waals surface area contributed by atoms with Gasteiger partial charge in [-0.25, -0.2) is 8.42 Å². The molecule has 1 fully saturated rings. The smallest absolute Gasteiger partial charge is 0.244 e. The van der Waals surface area contributed by atoms with Crippen LogP contribution < -0.4 is 4.74 Å². The highest BCUT2D eigenvalue weighted by molar-refractivity contribution is 9.10. The zero-order valence-corrected chi connectivity index (χ0v) is 11.9. The summed E-state index contributed by atoms with van der Waals surface area (Å²) >= 11 is 3.28. The van der Waals surface area contributed by atoms with Crippen molar-refractivity contribution in [2.45, 2.75) is 17.7 Å². The van der Waals surface area contributed by atoms with Crippen LogP contribution in [0.4, 0.5) is 0 Å². The van der Waals surface area contributed by atoms with E-state index >= 15 is 0 Å². The molecule has 0 bridgehead atoms. The minimum absolute atomic E-state index is 0.277. The first kappa shape index (κ1) is 12.9. The van der Waals surface area contributed by atoms with Crippen LogP contribution in [0.5, 0.6) is 5.75 Å². The van der Waals surface area contributed by atoms with E-state index in [0.717, 1.165) is 12.8 Å². The highest BCUT2D eigenvalue weighted by Gasteiger charge is 2.29. The Hall–Kier alpha value is -0.590. The monoisotopic (exact) mass is 319 g/mol. The minimum Gasteiger partial charge on any atom is -0.497 e. The van der Waals surface area contributed by atoms with Gasteiger partial charge in [-0.15, -0.1) is 0 Å². The van der Waals surface area contributed by atoms with Crippen molar-refractivity contribution >= 4 is 26.0 Å².